The van der Waals surface area contributed by atoms with Crippen LogP contribution in [-0.2, 0) is 4.79 Å². The molecule has 2 heterocycles. The summed E-state index contributed by atoms with van der Waals surface area (Å²) in [5, 5.41) is 18.0. The summed E-state index contributed by atoms with van der Waals surface area (Å²) in [6, 6.07) is 16.6. The molecule has 1 saturated carbocycles. The first-order chi connectivity index (χ1) is 16.1. The van der Waals surface area contributed by atoms with E-state index in [2.05, 4.69) is 25.4 Å². The van der Waals surface area contributed by atoms with Crippen molar-refractivity contribution in [2.45, 2.75) is 44.2 Å². The number of aromatic amines is 1. The molecule has 0 spiro atoms. The van der Waals surface area contributed by atoms with Crippen LogP contribution in [0.25, 0.3) is 17.0 Å². The van der Waals surface area contributed by atoms with Crippen LogP contribution in [0.2, 0.25) is 0 Å². The van der Waals surface area contributed by atoms with Gasteiger partial charge in [-0.3, -0.25) is 4.79 Å². The average molecular weight is 447 g/mol. The van der Waals surface area contributed by atoms with Gasteiger partial charge in [0, 0.05) is 5.92 Å². The van der Waals surface area contributed by atoms with Gasteiger partial charge in [-0.25, -0.2) is 9.97 Å². The molecule has 1 fully saturated rings. The average Bonchev–Trinajstić information content (AvgIpc) is 3.43. The number of carbonyl (C=O) groups excluding carboxylic acids is 1. The fourth-order valence-electron chi connectivity index (χ4n) is 4.35. The molecule has 1 aliphatic carbocycles. The fourth-order valence-corrected chi connectivity index (χ4v) is 4.35. The number of ether oxygens (including phenoxy) is 1. The molecule has 3 atom stereocenters. The number of amides is 1. The number of carbonyl (C=O) groups is 1. The van der Waals surface area contributed by atoms with Crippen molar-refractivity contribution in [2.75, 3.05) is 6.61 Å². The first kappa shape index (κ1) is 21.1. The van der Waals surface area contributed by atoms with Gasteiger partial charge in [0.25, 0.3) is 5.91 Å². The number of nitrogens with zero attached hydrogens (tertiary/aromatic N) is 4. The summed E-state index contributed by atoms with van der Waals surface area (Å²) in [4.78, 5) is 25.1. The van der Waals surface area contributed by atoms with Crippen molar-refractivity contribution in [3.8, 4) is 11.7 Å². The molecule has 3 N–H and O–H groups in total. The predicted octanol–water partition coefficient (Wildman–Crippen LogP) is 2.64. The molecule has 0 saturated heterocycles. The van der Waals surface area contributed by atoms with E-state index in [0.29, 0.717) is 30.4 Å². The number of para-hydroxylation sites is 3. The van der Waals surface area contributed by atoms with Crippen molar-refractivity contribution in [1.29, 1.82) is 0 Å². The summed E-state index contributed by atoms with van der Waals surface area (Å²) in [6.45, 7) is 1.74. The second-order valence-corrected chi connectivity index (χ2v) is 8.36. The van der Waals surface area contributed by atoms with Crippen LogP contribution in [0.3, 0.4) is 0 Å². The van der Waals surface area contributed by atoms with Gasteiger partial charge in [-0.1, -0.05) is 30.3 Å². The highest BCUT2D eigenvalue weighted by molar-refractivity contribution is 5.78. The first-order valence-electron chi connectivity index (χ1n) is 11.1. The molecule has 1 amide bonds. The van der Waals surface area contributed by atoms with E-state index >= 15 is 0 Å². The minimum absolute atomic E-state index is 0.0168. The van der Waals surface area contributed by atoms with Crippen molar-refractivity contribution >= 4 is 16.9 Å². The molecular formula is C24H26N6O3. The summed E-state index contributed by atoms with van der Waals surface area (Å²) in [6.07, 6.45) is 1.23. The fraction of sp³-hybridized carbons (Fsp3) is 0.333. The number of fused-ring (bicyclic) bond motifs is 1. The lowest BCUT2D eigenvalue weighted by Crippen LogP contribution is -2.48. The highest BCUT2D eigenvalue weighted by Gasteiger charge is 2.34. The Labute approximate surface area is 190 Å². The SMILES string of the molecule is Cc1nc([C@H]2CC[C@@H](O)[C@H](NC(=O)COc3ccccc3)C2)n(-c2nc3ccccc3[nH]2)n1. The lowest BCUT2D eigenvalue weighted by atomic mass is 9.83. The zero-order chi connectivity index (χ0) is 22.8. The standard InChI is InChI=1S/C24H26N6O3/c1-15-25-23(30(29-15)24-27-18-9-5-6-10-19(18)28-24)16-11-12-21(31)20(13-16)26-22(32)14-33-17-7-3-2-4-8-17/h2-10,16,20-21,31H,11-14H2,1H3,(H,26,32)(H,27,28)/t16-,20+,21+/m0/s1. The van der Waals surface area contributed by atoms with Crippen LogP contribution in [0.1, 0.15) is 36.8 Å². The summed E-state index contributed by atoms with van der Waals surface area (Å²) < 4.78 is 7.28. The van der Waals surface area contributed by atoms with Gasteiger partial charge in [0.1, 0.15) is 17.4 Å². The van der Waals surface area contributed by atoms with Gasteiger partial charge in [0.05, 0.1) is 23.2 Å². The van der Waals surface area contributed by atoms with Crippen LogP contribution in [0, 0.1) is 6.92 Å². The third-order valence-electron chi connectivity index (χ3n) is 5.95. The number of aliphatic hydroxyl groups excluding tert-OH is 1. The van der Waals surface area contributed by atoms with Gasteiger partial charge >= 0.3 is 0 Å². The van der Waals surface area contributed by atoms with Crippen molar-refractivity contribution < 1.29 is 14.6 Å². The van der Waals surface area contributed by atoms with Gasteiger partial charge in [0.2, 0.25) is 5.95 Å². The molecule has 2 aromatic carbocycles. The second-order valence-electron chi connectivity index (χ2n) is 8.36. The third kappa shape index (κ3) is 4.58. The molecule has 0 aliphatic heterocycles. The number of aromatic nitrogens is 5. The molecule has 4 aromatic rings. The zero-order valence-electron chi connectivity index (χ0n) is 18.3. The van der Waals surface area contributed by atoms with Gasteiger partial charge < -0.3 is 20.1 Å². The molecule has 1 aliphatic rings. The molecule has 33 heavy (non-hydrogen) atoms. The van der Waals surface area contributed by atoms with E-state index in [9.17, 15) is 9.90 Å². The molecule has 170 valence electrons. The van der Waals surface area contributed by atoms with E-state index in [-0.39, 0.29) is 18.4 Å². The first-order valence-corrected chi connectivity index (χ1v) is 11.1. The quantitative estimate of drug-likeness (QED) is 0.419. The van der Waals surface area contributed by atoms with E-state index in [4.69, 9.17) is 4.74 Å². The third-order valence-corrected chi connectivity index (χ3v) is 5.95. The van der Waals surface area contributed by atoms with E-state index in [1.165, 1.54) is 0 Å². The Morgan fingerprint density at radius 2 is 1.94 bits per heavy atom. The molecule has 9 heteroatoms. The summed E-state index contributed by atoms with van der Waals surface area (Å²) in [5.74, 6) is 2.41. The van der Waals surface area contributed by atoms with E-state index in [1.54, 1.807) is 16.8 Å². The highest BCUT2D eigenvalue weighted by Crippen LogP contribution is 2.33. The summed E-state index contributed by atoms with van der Waals surface area (Å²) >= 11 is 0. The van der Waals surface area contributed by atoms with E-state index in [1.807, 2.05) is 49.4 Å². The Kier molecular flexibility index (Phi) is 5.78. The molecule has 0 bridgehead atoms. The van der Waals surface area contributed by atoms with Crippen molar-refractivity contribution in [2.24, 2.45) is 0 Å². The second kappa shape index (κ2) is 9.03. The Bertz CT molecular complexity index is 1220. The van der Waals surface area contributed by atoms with Crippen LogP contribution < -0.4 is 10.1 Å². The molecule has 5 rings (SSSR count). The number of aliphatic hydroxyl groups is 1. The molecule has 0 radical (unpaired) electrons. The number of H-pyrrole nitrogens is 1. The smallest absolute Gasteiger partial charge is 0.258 e. The Hall–Kier alpha value is -3.72. The van der Waals surface area contributed by atoms with Crippen molar-refractivity contribution in [3.63, 3.8) is 0 Å². The van der Waals surface area contributed by atoms with Crippen LogP contribution >= 0.6 is 0 Å². The maximum Gasteiger partial charge on any atom is 0.258 e. The molecule has 2 aromatic heterocycles. The Balaban J connectivity index is 1.30. The monoisotopic (exact) mass is 446 g/mol. The number of aryl methyl sites for hydroxylation is 1. The number of hydrogen-bond donors (Lipinski definition) is 3. The lowest BCUT2D eigenvalue weighted by molar-refractivity contribution is -0.125. The maximum atomic E-state index is 12.5. The van der Waals surface area contributed by atoms with E-state index < -0.39 is 12.1 Å². The maximum absolute atomic E-state index is 12.5. The van der Waals surface area contributed by atoms with Crippen LogP contribution in [0.15, 0.2) is 54.6 Å². The molecular weight excluding hydrogens is 420 g/mol. The van der Waals surface area contributed by atoms with Crippen LogP contribution in [-0.4, -0.2) is 54.5 Å². The highest BCUT2D eigenvalue weighted by atomic mass is 16.5. The number of benzene rings is 2. The van der Waals surface area contributed by atoms with Crippen LogP contribution in [0.4, 0.5) is 0 Å². The summed E-state index contributed by atoms with van der Waals surface area (Å²) in [5.41, 5.74) is 1.78. The number of imidazole rings is 1. The molecule has 9 nitrogen and oxygen atoms in total. The van der Waals surface area contributed by atoms with E-state index in [0.717, 1.165) is 23.3 Å². The topological polar surface area (TPSA) is 118 Å². The lowest BCUT2D eigenvalue weighted by Gasteiger charge is -2.33. The largest absolute Gasteiger partial charge is 0.484 e. The number of hydrogen-bond acceptors (Lipinski definition) is 6. The zero-order valence-corrected chi connectivity index (χ0v) is 18.3. The van der Waals surface area contributed by atoms with Crippen LogP contribution in [0.5, 0.6) is 5.75 Å². The summed E-state index contributed by atoms with van der Waals surface area (Å²) in [7, 11) is 0. The van der Waals surface area contributed by atoms with Gasteiger partial charge in [-0.2, -0.15) is 4.68 Å². The van der Waals surface area contributed by atoms with Gasteiger partial charge in [-0.15, -0.1) is 5.10 Å². The Morgan fingerprint density at radius 3 is 2.76 bits per heavy atom. The molecule has 0 unspecified atom stereocenters. The van der Waals surface area contributed by atoms with Crippen molar-refractivity contribution in [1.82, 2.24) is 30.0 Å². The normalized spacial score (nSPS) is 20.6. The predicted molar refractivity (Wildman–Crippen MR) is 122 cm³/mol. The number of rotatable bonds is 6. The van der Waals surface area contributed by atoms with Crippen molar-refractivity contribution in [3.05, 3.63) is 66.2 Å². The Morgan fingerprint density at radius 1 is 1.15 bits per heavy atom. The van der Waals surface area contributed by atoms with Gasteiger partial charge in [-0.05, 0) is 50.5 Å². The minimum Gasteiger partial charge on any atom is -0.484 e. The van der Waals surface area contributed by atoms with Gasteiger partial charge in [0.15, 0.2) is 6.61 Å². The minimum atomic E-state index is -0.620. The number of nitrogens with one attached hydrogen (secondary N) is 2.